The number of rotatable bonds is 40. The second-order valence-corrected chi connectivity index (χ2v) is 17.5. The van der Waals surface area contributed by atoms with Gasteiger partial charge >= 0.3 is 11.9 Å². The highest BCUT2D eigenvalue weighted by Gasteiger charge is 2.21. The van der Waals surface area contributed by atoms with Crippen LogP contribution in [0.5, 0.6) is 0 Å². The monoisotopic (exact) mass is 810 g/mol. The van der Waals surface area contributed by atoms with Crippen LogP contribution < -0.4 is 4.89 Å². The van der Waals surface area contributed by atoms with Crippen molar-refractivity contribution >= 4 is 19.8 Å². The molecule has 0 saturated carbocycles. The van der Waals surface area contributed by atoms with Crippen LogP contribution in [0.1, 0.15) is 181 Å². The molecule has 0 rings (SSSR count). The fourth-order valence-corrected chi connectivity index (χ4v) is 6.51. The van der Waals surface area contributed by atoms with Crippen molar-refractivity contribution in [3.05, 3.63) is 48.6 Å². The summed E-state index contributed by atoms with van der Waals surface area (Å²) in [7, 11) is 1.12. The maximum absolute atomic E-state index is 12.6. The van der Waals surface area contributed by atoms with Crippen LogP contribution in [-0.2, 0) is 32.7 Å². The Balaban J connectivity index is 4.47. The molecule has 10 heteroatoms. The number of hydrogen-bond acceptors (Lipinski definition) is 8. The molecule has 0 heterocycles. The van der Waals surface area contributed by atoms with Crippen LogP contribution in [0.4, 0.5) is 0 Å². The van der Waals surface area contributed by atoms with E-state index >= 15 is 0 Å². The number of allylic oxidation sites excluding steroid dienone is 8. The first-order chi connectivity index (χ1) is 27.0. The predicted octanol–water partition coefficient (Wildman–Crippen LogP) is 12.1. The maximum Gasteiger partial charge on any atom is 0.306 e. The average Bonchev–Trinajstić information content (AvgIpc) is 3.15. The number of quaternary nitrogens is 1. The molecule has 0 fully saturated rings. The molecule has 0 saturated heterocycles. The van der Waals surface area contributed by atoms with E-state index in [0.717, 1.165) is 38.5 Å². The van der Waals surface area contributed by atoms with Crippen molar-refractivity contribution in [1.29, 1.82) is 0 Å². The minimum atomic E-state index is -4.64. The molecule has 0 spiro atoms. The summed E-state index contributed by atoms with van der Waals surface area (Å²) >= 11 is 0. The van der Waals surface area contributed by atoms with Crippen molar-refractivity contribution in [2.45, 2.75) is 187 Å². The highest BCUT2D eigenvalue weighted by Crippen LogP contribution is 2.38. The largest absolute Gasteiger partial charge is 0.756 e. The van der Waals surface area contributed by atoms with Crippen molar-refractivity contribution in [3.63, 3.8) is 0 Å². The predicted molar refractivity (Wildman–Crippen MR) is 231 cm³/mol. The molecule has 0 aromatic heterocycles. The number of esters is 2. The lowest BCUT2D eigenvalue weighted by molar-refractivity contribution is -0.870. The normalized spacial score (nSPS) is 14.0. The Morgan fingerprint density at radius 3 is 1.50 bits per heavy atom. The van der Waals surface area contributed by atoms with Gasteiger partial charge in [0.2, 0.25) is 0 Å². The molecule has 2 atom stereocenters. The van der Waals surface area contributed by atoms with E-state index in [1.807, 2.05) is 27.2 Å². The van der Waals surface area contributed by atoms with Crippen molar-refractivity contribution in [2.24, 2.45) is 0 Å². The highest BCUT2D eigenvalue weighted by atomic mass is 31.2. The number of unbranched alkanes of at least 4 members (excludes halogenated alkanes) is 18. The van der Waals surface area contributed by atoms with Gasteiger partial charge in [-0.2, -0.15) is 0 Å². The van der Waals surface area contributed by atoms with Gasteiger partial charge in [0, 0.05) is 12.8 Å². The zero-order chi connectivity index (χ0) is 41.4. The van der Waals surface area contributed by atoms with Gasteiger partial charge < -0.3 is 27.9 Å². The Kier molecular flexibility index (Phi) is 37.1. The lowest BCUT2D eigenvalue weighted by atomic mass is 10.1. The Morgan fingerprint density at radius 1 is 0.554 bits per heavy atom. The van der Waals surface area contributed by atoms with Crippen LogP contribution in [0.25, 0.3) is 0 Å². The first kappa shape index (κ1) is 54.0. The molecule has 0 radical (unpaired) electrons. The van der Waals surface area contributed by atoms with E-state index in [2.05, 4.69) is 56.4 Å². The lowest BCUT2D eigenvalue weighted by Gasteiger charge is -2.28. The summed E-state index contributed by atoms with van der Waals surface area (Å²) in [5.41, 5.74) is 0. The van der Waals surface area contributed by atoms with E-state index in [1.54, 1.807) is 0 Å². The second kappa shape index (κ2) is 38.5. The number of carbonyl (C=O) groups excluding carboxylic acids is 2. The van der Waals surface area contributed by atoms with Gasteiger partial charge in [0.15, 0.2) is 6.10 Å². The van der Waals surface area contributed by atoms with Gasteiger partial charge in [-0.1, -0.05) is 146 Å². The number of hydrogen-bond donors (Lipinski definition) is 0. The van der Waals surface area contributed by atoms with E-state index in [4.69, 9.17) is 18.5 Å². The van der Waals surface area contributed by atoms with Gasteiger partial charge in [0.25, 0.3) is 7.82 Å². The minimum absolute atomic E-state index is 0.0438. The number of phosphoric acid groups is 1. The average molecular weight is 810 g/mol. The van der Waals surface area contributed by atoms with E-state index in [9.17, 15) is 19.0 Å². The number of nitrogens with zero attached hydrogens (tertiary/aromatic N) is 1. The molecular formula is C46H84NO8P. The Bertz CT molecular complexity index is 1100. The van der Waals surface area contributed by atoms with Crippen molar-refractivity contribution < 1.29 is 42.1 Å². The molecule has 1 unspecified atom stereocenters. The molecular weight excluding hydrogens is 725 g/mol. The van der Waals surface area contributed by atoms with E-state index < -0.39 is 32.5 Å². The fourth-order valence-electron chi connectivity index (χ4n) is 5.78. The maximum atomic E-state index is 12.6. The van der Waals surface area contributed by atoms with E-state index in [-0.39, 0.29) is 26.1 Å². The first-order valence-corrected chi connectivity index (χ1v) is 23.8. The quantitative estimate of drug-likeness (QED) is 0.0198. The number of phosphoric ester groups is 1. The van der Waals surface area contributed by atoms with Crippen LogP contribution >= 0.6 is 7.82 Å². The standard InChI is InChI=1S/C46H84NO8P/c1-6-8-10-12-14-16-18-20-22-23-25-27-29-31-33-35-37-39-46(49)55-44(43-54-56(50,51)53-41-40-47(3,4)5)42-52-45(48)38-36-34-32-30-28-26-24-21-19-17-15-13-11-9-7-2/h20,22,25,27-28,30-31,33,44H,6-19,21,23-24,26,29,32,34-43H2,1-5H3/b22-20+,27-25+,30-28+,33-31+/t44-/m1/s1. The molecule has 0 aromatic rings. The van der Waals surface area contributed by atoms with Gasteiger partial charge in [0.05, 0.1) is 27.7 Å². The fraction of sp³-hybridized carbons (Fsp3) is 0.783. The molecule has 326 valence electrons. The van der Waals surface area contributed by atoms with Crippen molar-refractivity contribution in [3.8, 4) is 0 Å². The molecule has 0 bridgehead atoms. The van der Waals surface area contributed by atoms with Crippen LogP contribution in [0.3, 0.4) is 0 Å². The van der Waals surface area contributed by atoms with Gasteiger partial charge in [0.1, 0.15) is 19.8 Å². The van der Waals surface area contributed by atoms with Crippen LogP contribution in [0.2, 0.25) is 0 Å². The molecule has 9 nitrogen and oxygen atoms in total. The van der Waals surface area contributed by atoms with Crippen LogP contribution in [0, 0.1) is 0 Å². The summed E-state index contributed by atoms with van der Waals surface area (Å²) in [6.07, 6.45) is 44.4. The summed E-state index contributed by atoms with van der Waals surface area (Å²) in [4.78, 5) is 37.5. The number of ether oxygens (including phenoxy) is 2. The van der Waals surface area contributed by atoms with Gasteiger partial charge in [-0.25, -0.2) is 0 Å². The number of likely N-dealkylation sites (N-methyl/N-ethyl adjacent to an activating group) is 1. The summed E-state index contributed by atoms with van der Waals surface area (Å²) in [5, 5.41) is 0. The van der Waals surface area contributed by atoms with Crippen molar-refractivity contribution in [1.82, 2.24) is 0 Å². The first-order valence-electron chi connectivity index (χ1n) is 22.3. The molecule has 0 aliphatic carbocycles. The summed E-state index contributed by atoms with van der Waals surface area (Å²) in [5.74, 6) is -0.922. The summed E-state index contributed by atoms with van der Waals surface area (Å²) in [6.45, 7) is 4.13. The summed E-state index contributed by atoms with van der Waals surface area (Å²) in [6, 6.07) is 0. The van der Waals surface area contributed by atoms with Crippen molar-refractivity contribution in [2.75, 3.05) is 47.5 Å². The molecule has 56 heavy (non-hydrogen) atoms. The zero-order valence-electron chi connectivity index (χ0n) is 36.6. The third kappa shape index (κ3) is 41.6. The Hall–Kier alpha value is -2.03. The minimum Gasteiger partial charge on any atom is -0.756 e. The second-order valence-electron chi connectivity index (χ2n) is 16.1. The highest BCUT2D eigenvalue weighted by molar-refractivity contribution is 7.45. The Labute approximate surface area is 343 Å². The molecule has 0 N–H and O–H groups in total. The summed E-state index contributed by atoms with van der Waals surface area (Å²) < 4.78 is 33.8. The van der Waals surface area contributed by atoms with E-state index in [1.165, 1.54) is 96.3 Å². The zero-order valence-corrected chi connectivity index (χ0v) is 37.5. The third-order valence-corrected chi connectivity index (χ3v) is 10.3. The van der Waals surface area contributed by atoms with E-state index in [0.29, 0.717) is 30.3 Å². The molecule has 0 aromatic carbocycles. The molecule has 0 aliphatic heterocycles. The van der Waals surface area contributed by atoms with Gasteiger partial charge in [-0.05, 0) is 70.6 Å². The molecule has 0 aliphatic rings. The van der Waals surface area contributed by atoms with Crippen LogP contribution in [-0.4, -0.2) is 70.0 Å². The lowest BCUT2D eigenvalue weighted by Crippen LogP contribution is -2.37. The topological polar surface area (TPSA) is 111 Å². The third-order valence-electron chi connectivity index (χ3n) is 9.32. The van der Waals surface area contributed by atoms with Gasteiger partial charge in [-0.3, -0.25) is 14.2 Å². The smallest absolute Gasteiger partial charge is 0.306 e. The SMILES string of the molecule is CCCCCCCC/C=C/C/C=C/C/C=C/CCCC(=O)O[C@H](COC(=O)CCCC/C=C/CCCCCCCCCCC)COP(=O)([O-])OCC[N+](C)(C)C. The van der Waals surface area contributed by atoms with Crippen LogP contribution in [0.15, 0.2) is 48.6 Å². The van der Waals surface area contributed by atoms with Gasteiger partial charge in [-0.15, -0.1) is 0 Å². The number of carbonyl (C=O) groups is 2. The molecule has 0 amide bonds. The Morgan fingerprint density at radius 2 is 0.982 bits per heavy atom.